The highest BCUT2D eigenvalue weighted by molar-refractivity contribution is 5.06. The number of hydrogen-bond donors (Lipinski definition) is 0. The van der Waals surface area contributed by atoms with Gasteiger partial charge >= 0.3 is 6.18 Å². The van der Waals surface area contributed by atoms with Crippen LogP contribution in [0.25, 0.3) is 0 Å². The lowest BCUT2D eigenvalue weighted by atomic mass is 9.94. The molecule has 1 rings (SSSR count). The van der Waals surface area contributed by atoms with Crippen LogP contribution in [0.5, 0.6) is 0 Å². The molecule has 94 valence electrons. The lowest BCUT2D eigenvalue weighted by Gasteiger charge is -2.21. The highest BCUT2D eigenvalue weighted by Gasteiger charge is 2.48. The van der Waals surface area contributed by atoms with Crippen molar-refractivity contribution in [3.8, 4) is 0 Å². The van der Waals surface area contributed by atoms with Crippen LogP contribution in [0.2, 0.25) is 0 Å². The summed E-state index contributed by atoms with van der Waals surface area (Å²) in [6.45, 7) is 2.24. The second kappa shape index (κ2) is 5.71. The Labute approximate surface area is 94.7 Å². The Morgan fingerprint density at radius 2 is 2.06 bits per heavy atom. The van der Waals surface area contributed by atoms with Crippen LogP contribution in [-0.2, 0) is 4.74 Å². The standard InChI is InChI=1S/C12H19F3O/c1-3-4-9(8-16-2)7-11(10-5-6-10)12(13,14)15/h4,10-11H,3,5-8H2,1-2H3/b9-4+. The van der Waals surface area contributed by atoms with Gasteiger partial charge in [0.05, 0.1) is 12.5 Å². The molecule has 0 aromatic heterocycles. The van der Waals surface area contributed by atoms with Crippen molar-refractivity contribution in [2.24, 2.45) is 11.8 Å². The fraction of sp³-hybridized carbons (Fsp3) is 0.833. The Hall–Kier alpha value is -0.510. The van der Waals surface area contributed by atoms with E-state index in [1.807, 2.05) is 13.0 Å². The molecule has 16 heavy (non-hydrogen) atoms. The van der Waals surface area contributed by atoms with Crippen molar-refractivity contribution in [1.29, 1.82) is 0 Å². The van der Waals surface area contributed by atoms with Gasteiger partial charge in [0.1, 0.15) is 0 Å². The summed E-state index contributed by atoms with van der Waals surface area (Å²) in [5.41, 5.74) is 0.777. The third kappa shape index (κ3) is 4.16. The zero-order valence-electron chi connectivity index (χ0n) is 9.81. The van der Waals surface area contributed by atoms with Crippen LogP contribution in [0.15, 0.2) is 11.6 Å². The number of alkyl halides is 3. The van der Waals surface area contributed by atoms with E-state index in [9.17, 15) is 13.2 Å². The summed E-state index contributed by atoms with van der Waals surface area (Å²) in [5.74, 6) is -1.32. The van der Waals surface area contributed by atoms with Crippen LogP contribution in [0.4, 0.5) is 13.2 Å². The third-order valence-corrected chi connectivity index (χ3v) is 2.92. The number of hydrogen-bond acceptors (Lipinski definition) is 1. The van der Waals surface area contributed by atoms with Crippen molar-refractivity contribution in [3.63, 3.8) is 0 Å². The fourth-order valence-electron chi connectivity index (χ4n) is 2.01. The summed E-state index contributed by atoms with van der Waals surface area (Å²) in [4.78, 5) is 0. The van der Waals surface area contributed by atoms with E-state index in [-0.39, 0.29) is 12.3 Å². The minimum Gasteiger partial charge on any atom is -0.380 e. The molecule has 0 heterocycles. The molecule has 1 unspecified atom stereocenters. The maximum atomic E-state index is 12.8. The second-order valence-electron chi connectivity index (χ2n) is 4.39. The Balaban J connectivity index is 2.62. The van der Waals surface area contributed by atoms with Crippen molar-refractivity contribution in [3.05, 3.63) is 11.6 Å². The van der Waals surface area contributed by atoms with Gasteiger partial charge < -0.3 is 4.74 Å². The first-order valence-electron chi connectivity index (χ1n) is 5.72. The van der Waals surface area contributed by atoms with Crippen molar-refractivity contribution in [2.75, 3.05) is 13.7 Å². The summed E-state index contributed by atoms with van der Waals surface area (Å²) in [6, 6.07) is 0. The Morgan fingerprint density at radius 3 is 2.44 bits per heavy atom. The molecule has 1 aliphatic rings. The number of ether oxygens (including phenoxy) is 1. The van der Waals surface area contributed by atoms with E-state index in [4.69, 9.17) is 4.74 Å². The molecule has 0 aromatic carbocycles. The maximum Gasteiger partial charge on any atom is 0.392 e. The molecular formula is C12H19F3O. The maximum absolute atomic E-state index is 12.8. The average molecular weight is 236 g/mol. The molecule has 0 aromatic rings. The van der Waals surface area contributed by atoms with Gasteiger partial charge in [-0.15, -0.1) is 0 Å². The fourth-order valence-corrected chi connectivity index (χ4v) is 2.01. The lowest BCUT2D eigenvalue weighted by molar-refractivity contribution is -0.180. The van der Waals surface area contributed by atoms with Crippen LogP contribution >= 0.6 is 0 Å². The first-order valence-corrected chi connectivity index (χ1v) is 5.72. The van der Waals surface area contributed by atoms with Crippen LogP contribution < -0.4 is 0 Å². The van der Waals surface area contributed by atoms with Crippen LogP contribution in [0.1, 0.15) is 32.6 Å². The van der Waals surface area contributed by atoms with Gasteiger partial charge in [-0.05, 0) is 37.2 Å². The molecule has 1 fully saturated rings. The van der Waals surface area contributed by atoms with E-state index < -0.39 is 12.1 Å². The van der Waals surface area contributed by atoms with Crippen LogP contribution in [0.3, 0.4) is 0 Å². The molecule has 0 amide bonds. The molecule has 1 nitrogen and oxygen atoms in total. The molecule has 0 bridgehead atoms. The molecule has 4 heteroatoms. The first kappa shape index (κ1) is 13.6. The first-order chi connectivity index (χ1) is 7.49. The van der Waals surface area contributed by atoms with Crippen LogP contribution in [-0.4, -0.2) is 19.9 Å². The van der Waals surface area contributed by atoms with E-state index in [0.29, 0.717) is 6.61 Å². The predicted octanol–water partition coefficient (Wildman–Crippen LogP) is 3.95. The normalized spacial score (nSPS) is 19.9. The second-order valence-corrected chi connectivity index (χ2v) is 4.39. The van der Waals surface area contributed by atoms with E-state index in [0.717, 1.165) is 24.8 Å². The SMILES string of the molecule is CC/C=C(/COC)CC(C1CC1)C(F)(F)F. The van der Waals surface area contributed by atoms with Gasteiger partial charge in [0.25, 0.3) is 0 Å². The molecule has 0 saturated heterocycles. The average Bonchev–Trinajstić information content (AvgIpc) is 2.96. The number of rotatable bonds is 6. The van der Waals surface area contributed by atoms with Crippen molar-refractivity contribution >= 4 is 0 Å². The number of allylic oxidation sites excluding steroid dienone is 1. The largest absolute Gasteiger partial charge is 0.392 e. The molecule has 0 spiro atoms. The number of methoxy groups -OCH3 is 1. The monoisotopic (exact) mass is 236 g/mol. The molecule has 1 saturated carbocycles. The smallest absolute Gasteiger partial charge is 0.380 e. The predicted molar refractivity (Wildman–Crippen MR) is 57.1 cm³/mol. The van der Waals surface area contributed by atoms with E-state index in [1.54, 1.807) is 0 Å². The topological polar surface area (TPSA) is 9.23 Å². The summed E-state index contributed by atoms with van der Waals surface area (Å²) in [6.07, 6.45) is 0.0866. The Morgan fingerprint density at radius 1 is 1.44 bits per heavy atom. The molecular weight excluding hydrogens is 217 g/mol. The van der Waals surface area contributed by atoms with Gasteiger partial charge in [-0.3, -0.25) is 0 Å². The molecule has 0 N–H and O–H groups in total. The molecule has 1 aliphatic carbocycles. The van der Waals surface area contributed by atoms with E-state index >= 15 is 0 Å². The van der Waals surface area contributed by atoms with E-state index in [1.165, 1.54) is 7.11 Å². The molecule has 0 radical (unpaired) electrons. The Kier molecular flexibility index (Phi) is 4.84. The van der Waals surface area contributed by atoms with E-state index in [2.05, 4.69) is 0 Å². The van der Waals surface area contributed by atoms with Gasteiger partial charge in [-0.25, -0.2) is 0 Å². The highest BCUT2D eigenvalue weighted by Crippen LogP contribution is 2.47. The van der Waals surface area contributed by atoms with Crippen LogP contribution in [0, 0.1) is 11.8 Å². The third-order valence-electron chi connectivity index (χ3n) is 2.92. The quantitative estimate of drug-likeness (QED) is 0.634. The summed E-state index contributed by atoms with van der Waals surface area (Å²) in [7, 11) is 1.52. The van der Waals surface area contributed by atoms with Gasteiger partial charge in [-0.2, -0.15) is 13.2 Å². The highest BCUT2D eigenvalue weighted by atomic mass is 19.4. The zero-order chi connectivity index (χ0) is 12.2. The Bertz CT molecular complexity index is 241. The van der Waals surface area contributed by atoms with Gasteiger partial charge in [0.15, 0.2) is 0 Å². The summed E-state index contributed by atoms with van der Waals surface area (Å²) >= 11 is 0. The minimum absolute atomic E-state index is 0.107. The van der Waals surface area contributed by atoms with Crippen molar-refractivity contribution < 1.29 is 17.9 Å². The molecule has 0 aliphatic heterocycles. The lowest BCUT2D eigenvalue weighted by Crippen LogP contribution is -2.25. The van der Waals surface area contributed by atoms with Gasteiger partial charge in [-0.1, -0.05) is 13.0 Å². The zero-order valence-corrected chi connectivity index (χ0v) is 9.81. The number of halogens is 3. The van der Waals surface area contributed by atoms with Crippen molar-refractivity contribution in [2.45, 2.75) is 38.8 Å². The summed E-state index contributed by atoms with van der Waals surface area (Å²) in [5, 5.41) is 0. The summed E-state index contributed by atoms with van der Waals surface area (Å²) < 4.78 is 43.3. The van der Waals surface area contributed by atoms with Crippen molar-refractivity contribution in [1.82, 2.24) is 0 Å². The van der Waals surface area contributed by atoms with Gasteiger partial charge in [0.2, 0.25) is 0 Å². The molecule has 1 atom stereocenters. The van der Waals surface area contributed by atoms with Gasteiger partial charge in [0, 0.05) is 7.11 Å². The minimum atomic E-state index is -4.07.